The van der Waals surface area contributed by atoms with Crippen molar-refractivity contribution in [1.29, 1.82) is 0 Å². The molecule has 0 saturated carbocycles. The van der Waals surface area contributed by atoms with Crippen molar-refractivity contribution in [1.82, 2.24) is 9.97 Å². The average molecular weight is 370 g/mol. The normalized spacial score (nSPS) is 11.2. The van der Waals surface area contributed by atoms with Crippen LogP contribution in [-0.4, -0.2) is 17.1 Å². The lowest BCUT2D eigenvalue weighted by molar-refractivity contribution is 0.414. The lowest BCUT2D eigenvalue weighted by Gasteiger charge is -2.03. The van der Waals surface area contributed by atoms with Crippen LogP contribution < -0.4 is 4.74 Å². The molecule has 5 heteroatoms. The van der Waals surface area contributed by atoms with Gasteiger partial charge in [-0.1, -0.05) is 30.3 Å². The molecule has 0 radical (unpaired) electrons. The molecule has 2 aromatic carbocycles. The molecule has 5 nitrogen and oxygen atoms in total. The number of ether oxygens (including phenoxy) is 1. The number of hydrogen-bond donors (Lipinski definition) is 1. The molecule has 5 aromatic rings. The first-order valence-corrected chi connectivity index (χ1v) is 9.05. The molecular weight excluding hydrogens is 352 g/mol. The van der Waals surface area contributed by atoms with Gasteiger partial charge < -0.3 is 18.6 Å². The van der Waals surface area contributed by atoms with E-state index in [0.717, 1.165) is 22.4 Å². The van der Waals surface area contributed by atoms with Crippen LogP contribution >= 0.6 is 0 Å². The predicted molar refractivity (Wildman–Crippen MR) is 107 cm³/mol. The van der Waals surface area contributed by atoms with Crippen molar-refractivity contribution < 1.29 is 13.6 Å². The first-order valence-electron chi connectivity index (χ1n) is 9.05. The maximum atomic E-state index is 6.21. The van der Waals surface area contributed by atoms with Gasteiger partial charge in [-0.3, -0.25) is 0 Å². The van der Waals surface area contributed by atoms with Crippen molar-refractivity contribution >= 4 is 10.9 Å². The standard InChI is InChI=1S/C23H18N2O3/c1-26-17-7-4-6-15(12-17)23-22(20-10-5-11-27-20)25-21(28-23)13-16-14-24-19-9-3-2-8-18(16)19/h2-12,14,24H,13H2,1H3. The van der Waals surface area contributed by atoms with Crippen molar-refractivity contribution in [2.24, 2.45) is 0 Å². The average Bonchev–Trinajstić information content (AvgIpc) is 3.48. The van der Waals surface area contributed by atoms with E-state index in [0.29, 0.717) is 29.5 Å². The van der Waals surface area contributed by atoms with Gasteiger partial charge in [-0.05, 0) is 35.9 Å². The number of fused-ring (bicyclic) bond motifs is 1. The molecular formula is C23H18N2O3. The van der Waals surface area contributed by atoms with Crippen LogP contribution in [0.1, 0.15) is 11.5 Å². The number of methoxy groups -OCH3 is 1. The van der Waals surface area contributed by atoms with Gasteiger partial charge in [-0.25, -0.2) is 4.98 Å². The molecule has 138 valence electrons. The number of aromatic amines is 1. The number of para-hydroxylation sites is 1. The summed E-state index contributed by atoms with van der Waals surface area (Å²) in [5.74, 6) is 2.74. The van der Waals surface area contributed by atoms with Crippen LogP contribution in [0.4, 0.5) is 0 Å². The molecule has 3 heterocycles. The van der Waals surface area contributed by atoms with Crippen molar-refractivity contribution in [2.45, 2.75) is 6.42 Å². The highest BCUT2D eigenvalue weighted by Gasteiger charge is 2.20. The van der Waals surface area contributed by atoms with E-state index in [4.69, 9.17) is 18.6 Å². The number of hydrogen-bond acceptors (Lipinski definition) is 4. The molecule has 0 aliphatic rings. The molecule has 0 atom stereocenters. The minimum absolute atomic E-state index is 0.585. The molecule has 0 amide bonds. The molecule has 28 heavy (non-hydrogen) atoms. The summed E-state index contributed by atoms with van der Waals surface area (Å²) in [6.07, 6.45) is 4.23. The first-order chi connectivity index (χ1) is 13.8. The summed E-state index contributed by atoms with van der Waals surface area (Å²) in [6.45, 7) is 0. The van der Waals surface area contributed by atoms with Crippen molar-refractivity contribution in [3.05, 3.63) is 84.6 Å². The molecule has 3 aromatic heterocycles. The van der Waals surface area contributed by atoms with Crippen LogP contribution in [-0.2, 0) is 6.42 Å². The van der Waals surface area contributed by atoms with Crippen molar-refractivity contribution in [3.8, 4) is 28.5 Å². The van der Waals surface area contributed by atoms with Crippen LogP contribution in [0.25, 0.3) is 33.7 Å². The van der Waals surface area contributed by atoms with Gasteiger partial charge in [0.25, 0.3) is 0 Å². The van der Waals surface area contributed by atoms with Gasteiger partial charge in [0.15, 0.2) is 23.1 Å². The minimum atomic E-state index is 0.585. The number of aromatic nitrogens is 2. The molecule has 5 rings (SSSR count). The highest BCUT2D eigenvalue weighted by molar-refractivity contribution is 5.83. The van der Waals surface area contributed by atoms with Crippen LogP contribution in [0.15, 0.2) is 82.0 Å². The van der Waals surface area contributed by atoms with E-state index >= 15 is 0 Å². The zero-order valence-electron chi connectivity index (χ0n) is 15.3. The zero-order chi connectivity index (χ0) is 18.9. The second kappa shape index (κ2) is 6.78. The van der Waals surface area contributed by atoms with E-state index in [1.807, 2.05) is 54.7 Å². The second-order valence-electron chi connectivity index (χ2n) is 6.53. The topological polar surface area (TPSA) is 64.2 Å². The highest BCUT2D eigenvalue weighted by Crippen LogP contribution is 2.35. The molecule has 1 N–H and O–H groups in total. The van der Waals surface area contributed by atoms with Crippen molar-refractivity contribution in [3.63, 3.8) is 0 Å². The molecule has 0 aliphatic carbocycles. The Hall–Kier alpha value is -3.73. The Kier molecular flexibility index (Phi) is 3.98. The fraction of sp³-hybridized carbons (Fsp3) is 0.0870. The van der Waals surface area contributed by atoms with Crippen LogP contribution in [0, 0.1) is 0 Å². The van der Waals surface area contributed by atoms with Gasteiger partial charge >= 0.3 is 0 Å². The highest BCUT2D eigenvalue weighted by atomic mass is 16.5. The van der Waals surface area contributed by atoms with Gasteiger partial charge in [0.1, 0.15) is 5.75 Å². The Balaban J connectivity index is 1.60. The summed E-state index contributed by atoms with van der Waals surface area (Å²) in [7, 11) is 1.65. The number of benzene rings is 2. The fourth-order valence-electron chi connectivity index (χ4n) is 3.42. The van der Waals surface area contributed by atoms with Crippen molar-refractivity contribution in [2.75, 3.05) is 7.11 Å². The quantitative estimate of drug-likeness (QED) is 0.432. The Morgan fingerprint density at radius 2 is 1.96 bits per heavy atom. The number of nitrogens with zero attached hydrogens (tertiary/aromatic N) is 1. The lowest BCUT2D eigenvalue weighted by atomic mass is 10.1. The lowest BCUT2D eigenvalue weighted by Crippen LogP contribution is -1.87. The molecule has 0 spiro atoms. The van der Waals surface area contributed by atoms with Gasteiger partial charge in [0.05, 0.1) is 19.8 Å². The molecule has 0 aliphatic heterocycles. The summed E-state index contributed by atoms with van der Waals surface area (Å²) >= 11 is 0. The predicted octanol–water partition coefficient (Wildman–Crippen LogP) is 5.68. The third kappa shape index (κ3) is 2.87. The number of H-pyrrole nitrogens is 1. The smallest absolute Gasteiger partial charge is 0.200 e. The summed E-state index contributed by atoms with van der Waals surface area (Å²) in [5, 5.41) is 1.17. The van der Waals surface area contributed by atoms with E-state index in [-0.39, 0.29) is 0 Å². The molecule has 0 saturated heterocycles. The number of oxazole rings is 1. The Bertz CT molecular complexity index is 1230. The minimum Gasteiger partial charge on any atom is -0.497 e. The third-order valence-electron chi connectivity index (χ3n) is 4.77. The monoisotopic (exact) mass is 370 g/mol. The van der Waals surface area contributed by atoms with E-state index in [1.165, 1.54) is 5.39 Å². The van der Waals surface area contributed by atoms with E-state index in [2.05, 4.69) is 17.1 Å². The number of rotatable bonds is 5. The summed E-state index contributed by atoms with van der Waals surface area (Å²) in [4.78, 5) is 8.05. The van der Waals surface area contributed by atoms with Crippen LogP contribution in [0.3, 0.4) is 0 Å². The van der Waals surface area contributed by atoms with Crippen LogP contribution in [0.2, 0.25) is 0 Å². The van der Waals surface area contributed by atoms with Crippen LogP contribution in [0.5, 0.6) is 5.75 Å². The van der Waals surface area contributed by atoms with Gasteiger partial charge in [0.2, 0.25) is 0 Å². The summed E-state index contributed by atoms with van der Waals surface area (Å²) in [5.41, 5.74) is 3.82. The largest absolute Gasteiger partial charge is 0.497 e. The fourth-order valence-corrected chi connectivity index (χ4v) is 3.42. The van der Waals surface area contributed by atoms with E-state index < -0.39 is 0 Å². The number of furan rings is 1. The van der Waals surface area contributed by atoms with Gasteiger partial charge in [-0.2, -0.15) is 0 Å². The SMILES string of the molecule is COc1cccc(-c2oc(Cc3c[nH]c4ccccc34)nc2-c2ccco2)c1. The maximum Gasteiger partial charge on any atom is 0.200 e. The van der Waals surface area contributed by atoms with Gasteiger partial charge in [-0.15, -0.1) is 0 Å². The van der Waals surface area contributed by atoms with E-state index in [9.17, 15) is 0 Å². The first kappa shape index (κ1) is 16.4. The Morgan fingerprint density at radius 1 is 1.04 bits per heavy atom. The van der Waals surface area contributed by atoms with E-state index in [1.54, 1.807) is 13.4 Å². The Labute approximate surface area is 161 Å². The second-order valence-corrected chi connectivity index (χ2v) is 6.53. The number of nitrogens with one attached hydrogen (secondary N) is 1. The third-order valence-corrected chi connectivity index (χ3v) is 4.77. The Morgan fingerprint density at radius 3 is 2.82 bits per heavy atom. The molecule has 0 unspecified atom stereocenters. The molecule has 0 fully saturated rings. The zero-order valence-corrected chi connectivity index (χ0v) is 15.3. The van der Waals surface area contributed by atoms with Gasteiger partial charge in [0, 0.05) is 22.7 Å². The summed E-state index contributed by atoms with van der Waals surface area (Å²) in [6, 6.07) is 19.7. The molecule has 0 bridgehead atoms. The maximum absolute atomic E-state index is 6.21. The summed E-state index contributed by atoms with van der Waals surface area (Å²) < 4.78 is 17.2.